The normalized spacial score (nSPS) is 23.7. The Bertz CT molecular complexity index is 626. The summed E-state index contributed by atoms with van der Waals surface area (Å²) in [6.45, 7) is 1.74. The molecule has 1 saturated carbocycles. The Kier molecular flexibility index (Phi) is 5.45. The Labute approximate surface area is 136 Å². The number of aliphatic carboxylic acids is 1. The minimum atomic E-state index is -3.69. The molecular formula is C13H18BrNO4S2. The van der Waals surface area contributed by atoms with Crippen molar-refractivity contribution in [3.8, 4) is 0 Å². The maximum atomic E-state index is 12.5. The number of thiophene rings is 1. The molecule has 0 spiro atoms. The summed E-state index contributed by atoms with van der Waals surface area (Å²) >= 11 is 4.63. The molecule has 0 saturated heterocycles. The molecule has 1 aromatic rings. The van der Waals surface area contributed by atoms with E-state index < -0.39 is 28.0 Å². The van der Waals surface area contributed by atoms with Crippen LogP contribution in [0.3, 0.4) is 0 Å². The van der Waals surface area contributed by atoms with Gasteiger partial charge in [0.05, 0.1) is 14.6 Å². The SMILES string of the molecule is Cc1sc(Br)cc1S(=O)(=O)NC1CCCCCC1C(=O)O. The van der Waals surface area contributed by atoms with Crippen molar-refractivity contribution in [2.75, 3.05) is 0 Å². The first-order valence-electron chi connectivity index (χ1n) is 6.82. The summed E-state index contributed by atoms with van der Waals surface area (Å²) in [4.78, 5) is 12.3. The molecule has 1 aliphatic carbocycles. The van der Waals surface area contributed by atoms with Gasteiger partial charge in [0, 0.05) is 10.9 Å². The smallest absolute Gasteiger partial charge is 0.308 e. The summed E-state index contributed by atoms with van der Waals surface area (Å²) in [7, 11) is -3.69. The highest BCUT2D eigenvalue weighted by molar-refractivity contribution is 9.11. The number of carboxylic acids is 1. The van der Waals surface area contributed by atoms with Crippen molar-refractivity contribution in [3.05, 3.63) is 14.7 Å². The molecule has 8 heteroatoms. The summed E-state index contributed by atoms with van der Waals surface area (Å²) in [6.07, 6.45) is 3.72. The van der Waals surface area contributed by atoms with E-state index in [0.29, 0.717) is 17.7 Å². The molecule has 1 aromatic heterocycles. The van der Waals surface area contributed by atoms with Crippen LogP contribution in [0.5, 0.6) is 0 Å². The molecule has 0 amide bonds. The predicted molar refractivity (Wildman–Crippen MR) is 85.1 cm³/mol. The van der Waals surface area contributed by atoms with E-state index in [9.17, 15) is 18.3 Å². The Morgan fingerprint density at radius 2 is 2.05 bits per heavy atom. The number of hydrogen-bond acceptors (Lipinski definition) is 4. The van der Waals surface area contributed by atoms with Crippen LogP contribution < -0.4 is 4.72 Å². The van der Waals surface area contributed by atoms with Crippen LogP contribution >= 0.6 is 27.3 Å². The highest BCUT2D eigenvalue weighted by Crippen LogP contribution is 2.31. The van der Waals surface area contributed by atoms with Crippen molar-refractivity contribution in [1.82, 2.24) is 4.72 Å². The molecular weight excluding hydrogens is 378 g/mol. The van der Waals surface area contributed by atoms with Crippen LogP contribution in [-0.4, -0.2) is 25.5 Å². The van der Waals surface area contributed by atoms with Crippen molar-refractivity contribution >= 4 is 43.3 Å². The summed E-state index contributed by atoms with van der Waals surface area (Å²) < 4.78 is 28.4. The van der Waals surface area contributed by atoms with E-state index in [2.05, 4.69) is 20.7 Å². The number of rotatable bonds is 4. The van der Waals surface area contributed by atoms with Crippen molar-refractivity contribution < 1.29 is 18.3 Å². The second kappa shape index (κ2) is 6.76. The molecule has 2 rings (SSSR count). The molecule has 2 unspecified atom stereocenters. The second-order valence-corrected chi connectivity index (χ2v) is 9.60. The Balaban J connectivity index is 2.25. The van der Waals surface area contributed by atoms with Gasteiger partial charge in [-0.3, -0.25) is 4.79 Å². The van der Waals surface area contributed by atoms with Crippen molar-refractivity contribution in [2.45, 2.75) is 50.0 Å². The predicted octanol–water partition coefficient (Wildman–Crippen LogP) is 3.13. The monoisotopic (exact) mass is 395 g/mol. The molecule has 1 heterocycles. The maximum Gasteiger partial charge on any atom is 0.308 e. The molecule has 118 valence electrons. The Morgan fingerprint density at radius 3 is 2.62 bits per heavy atom. The lowest BCUT2D eigenvalue weighted by atomic mass is 9.96. The van der Waals surface area contributed by atoms with E-state index in [4.69, 9.17) is 0 Å². The van der Waals surface area contributed by atoms with Gasteiger partial charge in [0.2, 0.25) is 10.0 Å². The lowest BCUT2D eigenvalue weighted by Crippen LogP contribution is -2.42. The highest BCUT2D eigenvalue weighted by atomic mass is 79.9. The number of aryl methyl sites for hydroxylation is 1. The first kappa shape index (κ1) is 16.9. The third-order valence-electron chi connectivity index (χ3n) is 3.77. The maximum absolute atomic E-state index is 12.5. The van der Waals surface area contributed by atoms with Gasteiger partial charge in [0.25, 0.3) is 0 Å². The van der Waals surface area contributed by atoms with Crippen molar-refractivity contribution in [2.24, 2.45) is 5.92 Å². The van der Waals surface area contributed by atoms with Crippen molar-refractivity contribution in [3.63, 3.8) is 0 Å². The van der Waals surface area contributed by atoms with E-state index in [0.717, 1.165) is 23.0 Å². The molecule has 21 heavy (non-hydrogen) atoms. The van der Waals surface area contributed by atoms with E-state index in [1.54, 1.807) is 13.0 Å². The topological polar surface area (TPSA) is 83.5 Å². The largest absolute Gasteiger partial charge is 0.481 e. The zero-order valence-electron chi connectivity index (χ0n) is 11.6. The number of nitrogens with one attached hydrogen (secondary N) is 1. The van der Waals surface area contributed by atoms with Gasteiger partial charge in [-0.2, -0.15) is 0 Å². The highest BCUT2D eigenvalue weighted by Gasteiger charge is 2.33. The van der Waals surface area contributed by atoms with Gasteiger partial charge in [-0.05, 0) is 41.8 Å². The molecule has 1 aliphatic rings. The van der Waals surface area contributed by atoms with E-state index in [1.165, 1.54) is 11.3 Å². The van der Waals surface area contributed by atoms with Crippen LogP contribution in [0.1, 0.15) is 37.0 Å². The van der Waals surface area contributed by atoms with E-state index >= 15 is 0 Å². The van der Waals surface area contributed by atoms with Gasteiger partial charge in [0.15, 0.2) is 0 Å². The fourth-order valence-electron chi connectivity index (χ4n) is 2.70. The van der Waals surface area contributed by atoms with Gasteiger partial charge in [-0.25, -0.2) is 13.1 Å². The number of hydrogen-bond donors (Lipinski definition) is 2. The van der Waals surface area contributed by atoms with Crippen molar-refractivity contribution in [1.29, 1.82) is 0 Å². The van der Waals surface area contributed by atoms with Gasteiger partial charge in [0.1, 0.15) is 0 Å². The molecule has 2 atom stereocenters. The van der Waals surface area contributed by atoms with Gasteiger partial charge in [-0.15, -0.1) is 11.3 Å². The molecule has 1 fully saturated rings. The number of sulfonamides is 1. The van der Waals surface area contributed by atoms with E-state index in [-0.39, 0.29) is 4.90 Å². The van der Waals surface area contributed by atoms with Crippen LogP contribution in [0.2, 0.25) is 0 Å². The van der Waals surface area contributed by atoms with Crippen LogP contribution in [-0.2, 0) is 14.8 Å². The second-order valence-electron chi connectivity index (χ2n) is 5.28. The summed E-state index contributed by atoms with van der Waals surface area (Å²) in [5.74, 6) is -1.57. The zero-order chi connectivity index (χ0) is 15.6. The fraction of sp³-hybridized carbons (Fsp3) is 0.615. The number of carboxylic acid groups (broad SMARTS) is 1. The summed E-state index contributed by atoms with van der Waals surface area (Å²) in [5, 5.41) is 9.32. The molecule has 0 aliphatic heterocycles. The van der Waals surface area contributed by atoms with E-state index in [1.807, 2.05) is 0 Å². The molecule has 5 nitrogen and oxygen atoms in total. The number of halogens is 1. The third kappa shape index (κ3) is 4.06. The van der Waals surface area contributed by atoms with Crippen LogP contribution in [0.15, 0.2) is 14.7 Å². The Morgan fingerprint density at radius 1 is 1.38 bits per heavy atom. The zero-order valence-corrected chi connectivity index (χ0v) is 14.9. The average Bonchev–Trinajstić information content (AvgIpc) is 2.60. The van der Waals surface area contributed by atoms with Crippen LogP contribution in [0.25, 0.3) is 0 Å². The molecule has 2 N–H and O–H groups in total. The Hall–Kier alpha value is -0.440. The van der Waals surface area contributed by atoms with Gasteiger partial charge >= 0.3 is 5.97 Å². The fourth-order valence-corrected chi connectivity index (χ4v) is 6.43. The first-order valence-corrected chi connectivity index (χ1v) is 9.91. The van der Waals surface area contributed by atoms with Crippen LogP contribution in [0, 0.1) is 12.8 Å². The first-order chi connectivity index (χ1) is 9.81. The lowest BCUT2D eigenvalue weighted by Gasteiger charge is -2.22. The summed E-state index contributed by atoms with van der Waals surface area (Å²) in [6, 6.07) is 1.03. The minimum absolute atomic E-state index is 0.229. The minimum Gasteiger partial charge on any atom is -0.481 e. The van der Waals surface area contributed by atoms with Crippen LogP contribution in [0.4, 0.5) is 0 Å². The molecule has 0 radical (unpaired) electrons. The standard InChI is InChI=1S/C13H18BrNO4S2/c1-8-11(7-12(14)20-8)21(18,19)15-10-6-4-2-3-5-9(10)13(16)17/h7,9-10,15H,2-6H2,1H3,(H,16,17). The molecule has 0 aromatic carbocycles. The average molecular weight is 396 g/mol. The third-order valence-corrected chi connectivity index (χ3v) is 7.07. The quantitative estimate of drug-likeness (QED) is 0.766. The molecule has 0 bridgehead atoms. The van der Waals surface area contributed by atoms with Gasteiger partial charge in [-0.1, -0.05) is 19.3 Å². The van der Waals surface area contributed by atoms with Gasteiger partial charge < -0.3 is 5.11 Å². The summed E-state index contributed by atoms with van der Waals surface area (Å²) in [5.41, 5.74) is 0. The lowest BCUT2D eigenvalue weighted by molar-refractivity contribution is -0.142. The number of carbonyl (C=O) groups is 1.